The lowest BCUT2D eigenvalue weighted by Crippen LogP contribution is -2.41. The fourth-order valence-electron chi connectivity index (χ4n) is 2.86. The van der Waals surface area contributed by atoms with Gasteiger partial charge in [-0.3, -0.25) is 0 Å². The molecule has 2 heteroatoms. The second-order valence-corrected chi connectivity index (χ2v) is 6.01. The molecule has 0 rings (SSSR count). The van der Waals surface area contributed by atoms with E-state index in [-0.39, 0.29) is 0 Å². The zero-order valence-corrected chi connectivity index (χ0v) is 14.5. The highest BCUT2D eigenvalue weighted by Gasteiger charge is 2.18. The Hall–Kier alpha value is -0.0800. The van der Waals surface area contributed by atoms with Crippen LogP contribution in [0.4, 0.5) is 0 Å². The maximum atomic E-state index is 5.62. The Balaban J connectivity index is 3.67. The molecule has 0 amide bonds. The van der Waals surface area contributed by atoms with Gasteiger partial charge in [0.05, 0.1) is 6.10 Å². The molecule has 0 saturated carbocycles. The normalized spacial score (nSPS) is 14.4. The molecule has 0 radical (unpaired) electrons. The molecule has 0 aliphatic carbocycles. The molecule has 0 aromatic carbocycles. The molecule has 122 valence electrons. The Morgan fingerprint density at radius 1 is 0.800 bits per heavy atom. The molecular weight excluding hydrogens is 246 g/mol. The van der Waals surface area contributed by atoms with Gasteiger partial charge in [-0.15, -0.1) is 0 Å². The Kier molecular flexibility index (Phi) is 15.3. The van der Waals surface area contributed by atoms with Crippen LogP contribution in [0, 0.1) is 0 Å². The zero-order valence-electron chi connectivity index (χ0n) is 14.5. The van der Waals surface area contributed by atoms with Crippen LogP contribution in [-0.2, 0) is 4.74 Å². The van der Waals surface area contributed by atoms with Crippen molar-refractivity contribution >= 4 is 0 Å². The van der Waals surface area contributed by atoms with Crippen molar-refractivity contribution in [1.29, 1.82) is 0 Å². The summed E-state index contributed by atoms with van der Waals surface area (Å²) in [5.41, 5.74) is 0. The van der Waals surface area contributed by atoms with Crippen molar-refractivity contribution in [3.8, 4) is 0 Å². The highest BCUT2D eigenvalue weighted by atomic mass is 16.5. The minimum absolute atomic E-state index is 0.381. The van der Waals surface area contributed by atoms with Gasteiger partial charge in [0.25, 0.3) is 0 Å². The summed E-state index contributed by atoms with van der Waals surface area (Å²) in [5, 5.41) is 3.67. The zero-order chi connectivity index (χ0) is 15.1. The van der Waals surface area contributed by atoms with Crippen molar-refractivity contribution in [2.75, 3.05) is 13.7 Å². The number of unbranched alkanes of at least 4 members (excludes halogenated alkanes) is 7. The summed E-state index contributed by atoms with van der Waals surface area (Å²) in [5.74, 6) is 0. The molecule has 2 nitrogen and oxygen atoms in total. The molecule has 0 spiro atoms. The minimum atomic E-state index is 0.381. The third-order valence-corrected chi connectivity index (χ3v) is 4.18. The van der Waals surface area contributed by atoms with Crippen molar-refractivity contribution in [2.45, 2.75) is 104 Å². The van der Waals surface area contributed by atoms with E-state index in [1.54, 1.807) is 0 Å². The van der Waals surface area contributed by atoms with Gasteiger partial charge in [0.2, 0.25) is 0 Å². The van der Waals surface area contributed by atoms with E-state index < -0.39 is 0 Å². The lowest BCUT2D eigenvalue weighted by Gasteiger charge is -2.26. The molecule has 1 N–H and O–H groups in total. The molecule has 0 heterocycles. The van der Waals surface area contributed by atoms with Gasteiger partial charge in [-0.05, 0) is 25.8 Å². The van der Waals surface area contributed by atoms with Crippen LogP contribution < -0.4 is 5.32 Å². The second-order valence-electron chi connectivity index (χ2n) is 6.01. The predicted molar refractivity (Wildman–Crippen MR) is 90.4 cm³/mol. The van der Waals surface area contributed by atoms with Crippen LogP contribution in [0.15, 0.2) is 0 Å². The highest BCUT2D eigenvalue weighted by molar-refractivity contribution is 4.76. The SMILES string of the molecule is CCCCCCCCCCC(NCCC)C(CC)OC. The lowest BCUT2D eigenvalue weighted by atomic mass is 10.00. The first-order valence-electron chi connectivity index (χ1n) is 9.06. The molecular formula is C18H39NO. The lowest BCUT2D eigenvalue weighted by molar-refractivity contribution is 0.0616. The first-order chi connectivity index (χ1) is 9.79. The van der Waals surface area contributed by atoms with E-state index in [1.165, 1.54) is 64.2 Å². The maximum Gasteiger partial charge on any atom is 0.0721 e. The summed E-state index contributed by atoms with van der Waals surface area (Å²) in [6.07, 6.45) is 15.1. The summed E-state index contributed by atoms with van der Waals surface area (Å²) in [4.78, 5) is 0. The summed E-state index contributed by atoms with van der Waals surface area (Å²) in [6, 6.07) is 0.546. The average Bonchev–Trinajstić information content (AvgIpc) is 2.47. The number of hydrogen-bond donors (Lipinski definition) is 1. The van der Waals surface area contributed by atoms with Gasteiger partial charge in [-0.1, -0.05) is 72.1 Å². The molecule has 2 unspecified atom stereocenters. The summed E-state index contributed by atoms with van der Waals surface area (Å²) in [7, 11) is 1.85. The topological polar surface area (TPSA) is 21.3 Å². The van der Waals surface area contributed by atoms with Crippen LogP contribution in [0.3, 0.4) is 0 Å². The molecule has 0 aromatic rings. The van der Waals surface area contributed by atoms with Crippen LogP contribution in [0.1, 0.15) is 91.4 Å². The maximum absolute atomic E-state index is 5.62. The van der Waals surface area contributed by atoms with Crippen LogP contribution in [-0.4, -0.2) is 25.8 Å². The molecule has 2 atom stereocenters. The molecule has 0 aromatic heterocycles. The van der Waals surface area contributed by atoms with E-state index >= 15 is 0 Å². The van der Waals surface area contributed by atoms with E-state index in [4.69, 9.17) is 4.74 Å². The monoisotopic (exact) mass is 285 g/mol. The van der Waals surface area contributed by atoms with E-state index in [9.17, 15) is 0 Å². The Morgan fingerprint density at radius 3 is 1.90 bits per heavy atom. The van der Waals surface area contributed by atoms with E-state index in [0.29, 0.717) is 12.1 Å². The third-order valence-electron chi connectivity index (χ3n) is 4.18. The predicted octanol–water partition coefficient (Wildman–Crippen LogP) is 5.31. The molecule has 0 aliphatic heterocycles. The van der Waals surface area contributed by atoms with Gasteiger partial charge < -0.3 is 10.1 Å². The first kappa shape index (κ1) is 19.9. The fraction of sp³-hybridized carbons (Fsp3) is 1.00. The summed E-state index contributed by atoms with van der Waals surface area (Å²) >= 11 is 0. The first-order valence-corrected chi connectivity index (χ1v) is 9.06. The Morgan fingerprint density at radius 2 is 1.40 bits per heavy atom. The molecule has 0 saturated heterocycles. The van der Waals surface area contributed by atoms with Crippen molar-refractivity contribution in [3.63, 3.8) is 0 Å². The number of rotatable bonds is 15. The Bertz CT molecular complexity index is 180. The van der Waals surface area contributed by atoms with Gasteiger partial charge in [0.15, 0.2) is 0 Å². The highest BCUT2D eigenvalue weighted by Crippen LogP contribution is 2.14. The van der Waals surface area contributed by atoms with Crippen LogP contribution in [0.5, 0.6) is 0 Å². The van der Waals surface area contributed by atoms with Crippen LogP contribution in [0.25, 0.3) is 0 Å². The van der Waals surface area contributed by atoms with Gasteiger partial charge in [0, 0.05) is 13.2 Å². The van der Waals surface area contributed by atoms with Crippen molar-refractivity contribution in [3.05, 3.63) is 0 Å². The summed E-state index contributed by atoms with van der Waals surface area (Å²) < 4.78 is 5.62. The second kappa shape index (κ2) is 15.3. The van der Waals surface area contributed by atoms with Crippen molar-refractivity contribution in [1.82, 2.24) is 5.32 Å². The number of ether oxygens (including phenoxy) is 1. The standard InChI is InChI=1S/C18H39NO/c1-5-8-9-10-11-12-13-14-15-17(19-16-6-2)18(7-3)20-4/h17-19H,5-16H2,1-4H3. The quantitative estimate of drug-likeness (QED) is 0.412. The van der Waals surface area contributed by atoms with Gasteiger partial charge in [-0.2, -0.15) is 0 Å². The fourth-order valence-corrected chi connectivity index (χ4v) is 2.86. The molecule has 0 fully saturated rings. The van der Waals surface area contributed by atoms with Gasteiger partial charge >= 0.3 is 0 Å². The third kappa shape index (κ3) is 10.7. The van der Waals surface area contributed by atoms with Crippen molar-refractivity contribution in [2.24, 2.45) is 0 Å². The van der Waals surface area contributed by atoms with Crippen LogP contribution in [0.2, 0.25) is 0 Å². The minimum Gasteiger partial charge on any atom is -0.380 e. The Labute approximate surface area is 128 Å². The van der Waals surface area contributed by atoms with E-state index in [0.717, 1.165) is 13.0 Å². The molecule has 20 heavy (non-hydrogen) atoms. The summed E-state index contributed by atoms with van der Waals surface area (Å²) in [6.45, 7) is 7.85. The molecule has 0 aliphatic rings. The smallest absolute Gasteiger partial charge is 0.0721 e. The molecule has 0 bridgehead atoms. The number of methoxy groups -OCH3 is 1. The number of hydrogen-bond acceptors (Lipinski definition) is 2. The van der Waals surface area contributed by atoms with Gasteiger partial charge in [-0.25, -0.2) is 0 Å². The average molecular weight is 286 g/mol. The number of nitrogens with one attached hydrogen (secondary N) is 1. The van der Waals surface area contributed by atoms with Crippen molar-refractivity contribution < 1.29 is 4.74 Å². The van der Waals surface area contributed by atoms with E-state index in [2.05, 4.69) is 26.1 Å². The van der Waals surface area contributed by atoms with Gasteiger partial charge in [0.1, 0.15) is 0 Å². The van der Waals surface area contributed by atoms with Crippen LogP contribution >= 0.6 is 0 Å². The van der Waals surface area contributed by atoms with E-state index in [1.807, 2.05) is 7.11 Å². The largest absolute Gasteiger partial charge is 0.380 e.